The van der Waals surface area contributed by atoms with Gasteiger partial charge in [0.1, 0.15) is 28.2 Å². The predicted molar refractivity (Wildman–Crippen MR) is 88.1 cm³/mol. The third-order valence-electron chi connectivity index (χ3n) is 3.67. The lowest BCUT2D eigenvalue weighted by Gasteiger charge is -2.12. The lowest BCUT2D eigenvalue weighted by Crippen LogP contribution is -2.05. The number of halogens is 4. The fourth-order valence-electron chi connectivity index (χ4n) is 2.66. The van der Waals surface area contributed by atoms with Crippen molar-refractivity contribution in [1.82, 2.24) is 4.98 Å². The Morgan fingerprint density at radius 1 is 0.808 bits per heavy atom. The van der Waals surface area contributed by atoms with Crippen molar-refractivity contribution in [3.8, 4) is 22.3 Å². The van der Waals surface area contributed by atoms with Crippen molar-refractivity contribution in [3.05, 3.63) is 72.1 Å². The quantitative estimate of drug-likeness (QED) is 0.633. The zero-order valence-electron chi connectivity index (χ0n) is 13.3. The van der Waals surface area contributed by atoms with Gasteiger partial charge in [-0.15, -0.1) is 0 Å². The van der Waals surface area contributed by atoms with Gasteiger partial charge >= 0.3 is 0 Å². The molecule has 134 valence electrons. The highest BCUT2D eigenvalue weighted by Crippen LogP contribution is 2.34. The Labute approximate surface area is 146 Å². The average Bonchev–Trinajstić information content (AvgIpc) is 2.52. The van der Waals surface area contributed by atoms with Crippen molar-refractivity contribution in [2.45, 2.75) is 4.90 Å². The maximum absolute atomic E-state index is 14.2. The Morgan fingerprint density at radius 2 is 1.35 bits per heavy atom. The van der Waals surface area contributed by atoms with Gasteiger partial charge in [0.15, 0.2) is 9.84 Å². The number of aromatic nitrogens is 1. The van der Waals surface area contributed by atoms with E-state index in [-0.39, 0.29) is 22.3 Å². The first-order valence-electron chi connectivity index (χ1n) is 7.27. The van der Waals surface area contributed by atoms with Gasteiger partial charge in [0.2, 0.25) is 0 Å². The smallest absolute Gasteiger partial charge is 0.181 e. The number of nitrogens with zero attached hydrogens (tertiary/aromatic N) is 1. The first kappa shape index (κ1) is 18.1. The van der Waals surface area contributed by atoms with E-state index in [9.17, 15) is 26.0 Å². The predicted octanol–water partition coefficient (Wildman–Crippen LogP) is 4.38. The average molecular weight is 381 g/mol. The van der Waals surface area contributed by atoms with Gasteiger partial charge in [-0.25, -0.2) is 26.0 Å². The van der Waals surface area contributed by atoms with E-state index in [1.54, 1.807) is 0 Å². The molecule has 0 N–H and O–H groups in total. The van der Waals surface area contributed by atoms with Gasteiger partial charge in [0, 0.05) is 30.3 Å². The van der Waals surface area contributed by atoms with Crippen molar-refractivity contribution in [1.29, 1.82) is 0 Å². The SMILES string of the molecule is CS(=O)(=O)c1c(F)cc(-c2cnccc2-c2cc(F)cc(F)c2)cc1F. The molecule has 0 atom stereocenters. The second kappa shape index (κ2) is 6.53. The summed E-state index contributed by atoms with van der Waals surface area (Å²) >= 11 is 0. The molecule has 0 aliphatic carbocycles. The molecule has 0 aliphatic heterocycles. The van der Waals surface area contributed by atoms with E-state index < -0.39 is 38.0 Å². The summed E-state index contributed by atoms with van der Waals surface area (Å²) in [6.45, 7) is 0. The van der Waals surface area contributed by atoms with Crippen LogP contribution in [0.2, 0.25) is 0 Å². The highest BCUT2D eigenvalue weighted by atomic mass is 32.2. The molecule has 26 heavy (non-hydrogen) atoms. The Bertz CT molecular complexity index is 1070. The molecule has 0 spiro atoms. The van der Waals surface area contributed by atoms with E-state index in [2.05, 4.69) is 4.98 Å². The topological polar surface area (TPSA) is 47.0 Å². The van der Waals surface area contributed by atoms with Gasteiger partial charge in [-0.2, -0.15) is 0 Å². The van der Waals surface area contributed by atoms with Gasteiger partial charge in [-0.05, 0) is 47.0 Å². The standard InChI is InChI=1S/C18H11F4NO2S/c1-26(24,25)18-16(21)6-11(7-17(18)22)15-9-23-3-2-14(15)10-4-12(19)8-13(20)5-10/h2-9H,1H3. The third-order valence-corrected chi connectivity index (χ3v) is 4.81. The van der Waals surface area contributed by atoms with E-state index >= 15 is 0 Å². The van der Waals surface area contributed by atoms with Gasteiger partial charge in [0.25, 0.3) is 0 Å². The molecule has 3 nitrogen and oxygen atoms in total. The summed E-state index contributed by atoms with van der Waals surface area (Å²) < 4.78 is 78.4. The second-order valence-electron chi connectivity index (χ2n) is 5.62. The molecule has 0 saturated carbocycles. The minimum Gasteiger partial charge on any atom is -0.264 e. The van der Waals surface area contributed by atoms with Gasteiger partial charge < -0.3 is 0 Å². The van der Waals surface area contributed by atoms with Crippen LogP contribution < -0.4 is 0 Å². The zero-order valence-corrected chi connectivity index (χ0v) is 14.1. The Hall–Kier alpha value is -2.74. The number of rotatable bonds is 3. The molecule has 2 aromatic carbocycles. The van der Waals surface area contributed by atoms with Crippen LogP contribution in [0.1, 0.15) is 0 Å². The molecule has 0 amide bonds. The molecule has 0 aliphatic rings. The minimum absolute atomic E-state index is 0.0137. The number of sulfone groups is 1. The third kappa shape index (κ3) is 3.45. The Balaban J connectivity index is 2.24. The maximum Gasteiger partial charge on any atom is 0.181 e. The van der Waals surface area contributed by atoms with Crippen LogP contribution in [0.25, 0.3) is 22.3 Å². The lowest BCUT2D eigenvalue weighted by molar-refractivity contribution is 0.522. The van der Waals surface area contributed by atoms with E-state index in [1.807, 2.05) is 0 Å². The first-order valence-corrected chi connectivity index (χ1v) is 9.16. The fourth-order valence-corrected chi connectivity index (χ4v) is 3.48. The summed E-state index contributed by atoms with van der Waals surface area (Å²) in [7, 11) is -4.10. The Morgan fingerprint density at radius 3 is 1.88 bits per heavy atom. The van der Waals surface area contributed by atoms with E-state index in [0.717, 1.165) is 24.3 Å². The monoisotopic (exact) mass is 381 g/mol. The molecule has 1 aromatic heterocycles. The molecule has 1 heterocycles. The summed E-state index contributed by atoms with van der Waals surface area (Å²) in [4.78, 5) is 2.83. The molecule has 0 unspecified atom stereocenters. The highest BCUT2D eigenvalue weighted by molar-refractivity contribution is 7.90. The van der Waals surface area contributed by atoms with Crippen molar-refractivity contribution < 1.29 is 26.0 Å². The lowest BCUT2D eigenvalue weighted by atomic mass is 9.96. The van der Waals surface area contributed by atoms with Crippen molar-refractivity contribution >= 4 is 9.84 Å². The molecular formula is C18H11F4NO2S. The number of hydrogen-bond acceptors (Lipinski definition) is 3. The number of benzene rings is 2. The summed E-state index contributed by atoms with van der Waals surface area (Å²) in [6.07, 6.45) is 3.32. The molecule has 0 radical (unpaired) electrons. The molecule has 0 fully saturated rings. The summed E-state index contributed by atoms with van der Waals surface area (Å²) in [5.41, 5.74) is 0.604. The van der Waals surface area contributed by atoms with Gasteiger partial charge in [-0.3, -0.25) is 4.98 Å². The van der Waals surface area contributed by atoms with Crippen LogP contribution in [0.15, 0.2) is 53.7 Å². The van der Waals surface area contributed by atoms with Crippen LogP contribution in [-0.2, 0) is 9.84 Å². The van der Waals surface area contributed by atoms with Crippen LogP contribution in [0.3, 0.4) is 0 Å². The van der Waals surface area contributed by atoms with Crippen LogP contribution in [0.4, 0.5) is 17.6 Å². The molecule has 3 aromatic rings. The minimum atomic E-state index is -4.10. The van der Waals surface area contributed by atoms with Crippen LogP contribution in [-0.4, -0.2) is 19.7 Å². The van der Waals surface area contributed by atoms with Gasteiger partial charge in [-0.1, -0.05) is 0 Å². The second-order valence-corrected chi connectivity index (χ2v) is 7.57. The van der Waals surface area contributed by atoms with Crippen LogP contribution in [0, 0.1) is 23.3 Å². The van der Waals surface area contributed by atoms with E-state index in [0.29, 0.717) is 12.3 Å². The number of hydrogen-bond donors (Lipinski definition) is 0. The summed E-state index contributed by atoms with van der Waals surface area (Å²) in [6, 6.07) is 5.96. The van der Waals surface area contributed by atoms with Crippen molar-refractivity contribution in [2.75, 3.05) is 6.26 Å². The first-order chi connectivity index (χ1) is 12.2. The molecule has 0 saturated heterocycles. The summed E-state index contributed by atoms with van der Waals surface area (Å²) in [5.74, 6) is -4.15. The van der Waals surface area contributed by atoms with E-state index in [1.165, 1.54) is 18.5 Å². The number of pyridine rings is 1. The van der Waals surface area contributed by atoms with Gasteiger partial charge in [0.05, 0.1) is 0 Å². The van der Waals surface area contributed by atoms with Crippen molar-refractivity contribution in [3.63, 3.8) is 0 Å². The largest absolute Gasteiger partial charge is 0.264 e. The van der Waals surface area contributed by atoms with E-state index in [4.69, 9.17) is 0 Å². The fraction of sp³-hybridized carbons (Fsp3) is 0.0556. The summed E-state index contributed by atoms with van der Waals surface area (Å²) in [5, 5.41) is 0. The van der Waals surface area contributed by atoms with Crippen molar-refractivity contribution in [2.24, 2.45) is 0 Å². The zero-order chi connectivity index (χ0) is 19.1. The van der Waals surface area contributed by atoms with Crippen LogP contribution >= 0.6 is 0 Å². The highest BCUT2D eigenvalue weighted by Gasteiger charge is 2.22. The van der Waals surface area contributed by atoms with Crippen LogP contribution in [0.5, 0.6) is 0 Å². The maximum atomic E-state index is 14.2. The molecular weight excluding hydrogens is 370 g/mol. The molecule has 8 heteroatoms. The Kier molecular flexibility index (Phi) is 4.53. The molecule has 0 bridgehead atoms. The molecule has 3 rings (SSSR count). The normalized spacial score (nSPS) is 11.6.